The number of amides is 1. The van der Waals surface area contributed by atoms with Gasteiger partial charge in [-0.05, 0) is 64.7 Å². The fourth-order valence-corrected chi connectivity index (χ4v) is 6.09. The largest absolute Gasteiger partial charge is 0.462 e. The van der Waals surface area contributed by atoms with E-state index >= 15 is 0 Å². The normalized spacial score (nSPS) is 17.2. The number of ether oxygens (including phenoxy) is 1. The molecule has 0 radical (unpaired) electrons. The van der Waals surface area contributed by atoms with Crippen LogP contribution in [0.15, 0.2) is 23.1 Å². The fraction of sp³-hybridized carbons (Fsp3) is 0.478. The zero-order chi connectivity index (χ0) is 23.6. The monoisotopic (exact) mass is 461 g/mol. The topological polar surface area (TPSA) is 109 Å². The Kier molecular flexibility index (Phi) is 7.09. The molecule has 1 aliphatic heterocycles. The van der Waals surface area contributed by atoms with Gasteiger partial charge in [0.1, 0.15) is 10.5 Å². The van der Waals surface area contributed by atoms with E-state index in [2.05, 4.69) is 10.3 Å². The molecule has 8 nitrogen and oxygen atoms in total. The molecule has 0 saturated carbocycles. The number of esters is 1. The first-order valence-corrected chi connectivity index (χ1v) is 12.2. The summed E-state index contributed by atoms with van der Waals surface area (Å²) in [7, 11) is -4.00. The first-order valence-electron chi connectivity index (χ1n) is 10.8. The molecule has 0 unspecified atom stereocenters. The van der Waals surface area contributed by atoms with Crippen molar-refractivity contribution in [2.45, 2.75) is 52.4 Å². The zero-order valence-corrected chi connectivity index (χ0v) is 20.1. The minimum atomic E-state index is -4.00. The SMILES string of the molecule is CCOC(=O)c1c(C)[nH]c(C)c1S(=O)(=O)N1CCC[C@@H](C(=O)Nc2cccc(C)c2C)C1. The van der Waals surface area contributed by atoms with Crippen LogP contribution in [0.5, 0.6) is 0 Å². The van der Waals surface area contributed by atoms with Gasteiger partial charge in [-0.15, -0.1) is 0 Å². The van der Waals surface area contributed by atoms with Crippen LogP contribution in [0.3, 0.4) is 0 Å². The van der Waals surface area contributed by atoms with E-state index in [1.165, 1.54) is 4.31 Å². The van der Waals surface area contributed by atoms with E-state index in [1.54, 1.807) is 20.8 Å². The van der Waals surface area contributed by atoms with Crippen molar-refractivity contribution in [1.82, 2.24) is 9.29 Å². The molecule has 1 aromatic heterocycles. The van der Waals surface area contributed by atoms with Crippen LogP contribution in [0.1, 0.15) is 52.6 Å². The number of nitrogens with zero attached hydrogens (tertiary/aromatic N) is 1. The highest BCUT2D eigenvalue weighted by molar-refractivity contribution is 7.89. The van der Waals surface area contributed by atoms with Gasteiger partial charge in [-0.25, -0.2) is 13.2 Å². The van der Waals surface area contributed by atoms with Crippen LogP contribution in [0.25, 0.3) is 0 Å². The predicted molar refractivity (Wildman–Crippen MR) is 122 cm³/mol. The van der Waals surface area contributed by atoms with Gasteiger partial charge in [-0.2, -0.15) is 4.31 Å². The maximum absolute atomic E-state index is 13.5. The molecule has 3 rings (SSSR count). The van der Waals surface area contributed by atoms with Gasteiger partial charge in [-0.1, -0.05) is 12.1 Å². The van der Waals surface area contributed by atoms with Crippen LogP contribution < -0.4 is 5.32 Å². The van der Waals surface area contributed by atoms with Gasteiger partial charge in [0, 0.05) is 30.2 Å². The molecule has 2 aromatic rings. The molecule has 1 saturated heterocycles. The third kappa shape index (κ3) is 4.59. The smallest absolute Gasteiger partial charge is 0.341 e. The number of benzene rings is 1. The highest BCUT2D eigenvalue weighted by atomic mass is 32.2. The Balaban J connectivity index is 1.85. The summed E-state index contributed by atoms with van der Waals surface area (Å²) in [5.74, 6) is -1.36. The number of hydrogen-bond acceptors (Lipinski definition) is 5. The first-order chi connectivity index (χ1) is 15.1. The molecule has 2 heterocycles. The maximum Gasteiger partial charge on any atom is 0.341 e. The molecular formula is C23H31N3O5S. The molecule has 2 N–H and O–H groups in total. The van der Waals surface area contributed by atoms with Crippen LogP contribution in [0.4, 0.5) is 5.69 Å². The Morgan fingerprint density at radius 3 is 2.59 bits per heavy atom. The number of rotatable bonds is 6. The average Bonchev–Trinajstić information content (AvgIpc) is 3.06. The van der Waals surface area contributed by atoms with Crippen LogP contribution >= 0.6 is 0 Å². The Morgan fingerprint density at radius 2 is 1.91 bits per heavy atom. The number of aromatic amines is 1. The van der Waals surface area contributed by atoms with Crippen LogP contribution in [0.2, 0.25) is 0 Å². The highest BCUT2D eigenvalue weighted by Crippen LogP contribution is 2.31. The number of aryl methyl sites for hydroxylation is 3. The number of hydrogen-bond donors (Lipinski definition) is 2. The third-order valence-corrected chi connectivity index (χ3v) is 8.05. The number of H-pyrrole nitrogens is 1. The molecule has 0 aliphatic carbocycles. The minimum Gasteiger partial charge on any atom is -0.462 e. The number of carbonyl (C=O) groups is 2. The number of aromatic nitrogens is 1. The quantitative estimate of drug-likeness (QED) is 0.641. The van der Waals surface area contributed by atoms with Crippen molar-refractivity contribution < 1.29 is 22.7 Å². The molecule has 1 aliphatic rings. The van der Waals surface area contributed by atoms with E-state index in [9.17, 15) is 18.0 Å². The summed E-state index contributed by atoms with van der Waals surface area (Å²) in [6.07, 6.45) is 1.15. The number of piperidine rings is 1. The Labute approximate surface area is 189 Å². The molecule has 1 aromatic carbocycles. The van der Waals surface area contributed by atoms with Gasteiger partial charge < -0.3 is 15.0 Å². The standard InChI is InChI=1S/C23H31N3O5S/c1-6-31-23(28)20-16(4)24-17(5)21(20)32(29,30)26-12-8-10-18(13-26)22(27)25-19-11-7-9-14(2)15(19)3/h7,9,11,18,24H,6,8,10,12-13H2,1-5H3,(H,25,27)/t18-/m1/s1. The number of nitrogens with one attached hydrogen (secondary N) is 2. The van der Waals surface area contributed by atoms with Gasteiger partial charge in [0.15, 0.2) is 0 Å². The molecule has 1 fully saturated rings. The summed E-state index contributed by atoms with van der Waals surface area (Å²) in [4.78, 5) is 28.3. The van der Waals surface area contributed by atoms with E-state index in [1.807, 2.05) is 32.0 Å². The summed E-state index contributed by atoms with van der Waals surface area (Å²) in [5, 5.41) is 2.95. The van der Waals surface area contributed by atoms with Gasteiger partial charge >= 0.3 is 5.97 Å². The summed E-state index contributed by atoms with van der Waals surface area (Å²) >= 11 is 0. The lowest BCUT2D eigenvalue weighted by atomic mass is 9.98. The van der Waals surface area contributed by atoms with E-state index in [0.717, 1.165) is 16.8 Å². The van der Waals surface area contributed by atoms with Gasteiger partial charge in [0.05, 0.1) is 12.5 Å². The second-order valence-corrected chi connectivity index (χ2v) is 10.1. The third-order valence-electron chi connectivity index (χ3n) is 6.01. The predicted octanol–water partition coefficient (Wildman–Crippen LogP) is 3.46. The summed E-state index contributed by atoms with van der Waals surface area (Å²) in [6, 6.07) is 5.70. The van der Waals surface area contributed by atoms with Crippen molar-refractivity contribution in [2.24, 2.45) is 5.92 Å². The second kappa shape index (κ2) is 9.46. The number of sulfonamides is 1. The van der Waals surface area contributed by atoms with Crippen molar-refractivity contribution >= 4 is 27.6 Å². The molecule has 32 heavy (non-hydrogen) atoms. The minimum absolute atomic E-state index is 0.0336. The van der Waals surface area contributed by atoms with Gasteiger partial charge in [-0.3, -0.25) is 4.79 Å². The molecular weight excluding hydrogens is 430 g/mol. The van der Waals surface area contributed by atoms with Crippen molar-refractivity contribution in [3.8, 4) is 0 Å². The second-order valence-electron chi connectivity index (χ2n) is 8.24. The van der Waals surface area contributed by atoms with Crippen molar-refractivity contribution in [3.05, 3.63) is 46.3 Å². The fourth-order valence-electron chi connectivity index (χ4n) is 4.15. The molecule has 0 bridgehead atoms. The molecule has 1 amide bonds. The van der Waals surface area contributed by atoms with E-state index < -0.39 is 21.9 Å². The lowest BCUT2D eigenvalue weighted by molar-refractivity contribution is -0.120. The summed E-state index contributed by atoms with van der Waals surface area (Å²) in [5.41, 5.74) is 3.65. The lowest BCUT2D eigenvalue weighted by Crippen LogP contribution is -2.44. The Morgan fingerprint density at radius 1 is 1.19 bits per heavy atom. The zero-order valence-electron chi connectivity index (χ0n) is 19.2. The summed E-state index contributed by atoms with van der Waals surface area (Å²) in [6.45, 7) is 9.36. The van der Waals surface area contributed by atoms with Crippen LogP contribution in [0, 0.1) is 33.6 Å². The van der Waals surface area contributed by atoms with Crippen molar-refractivity contribution in [2.75, 3.05) is 25.0 Å². The molecule has 0 spiro atoms. The summed E-state index contributed by atoms with van der Waals surface area (Å²) < 4.78 is 33.5. The van der Waals surface area contributed by atoms with Crippen molar-refractivity contribution in [3.63, 3.8) is 0 Å². The lowest BCUT2D eigenvalue weighted by Gasteiger charge is -2.31. The average molecular weight is 462 g/mol. The van der Waals surface area contributed by atoms with Crippen LogP contribution in [-0.4, -0.2) is 49.3 Å². The Hall–Kier alpha value is -2.65. The number of carbonyl (C=O) groups excluding carboxylic acids is 2. The highest BCUT2D eigenvalue weighted by Gasteiger charge is 2.38. The van der Waals surface area contributed by atoms with Crippen LogP contribution in [-0.2, 0) is 19.6 Å². The van der Waals surface area contributed by atoms with E-state index in [4.69, 9.17) is 4.74 Å². The Bertz CT molecular complexity index is 1140. The molecule has 9 heteroatoms. The molecule has 174 valence electrons. The first kappa shape index (κ1) is 24.0. The maximum atomic E-state index is 13.5. The van der Waals surface area contributed by atoms with Gasteiger partial charge in [0.2, 0.25) is 15.9 Å². The van der Waals surface area contributed by atoms with Crippen molar-refractivity contribution in [1.29, 1.82) is 0 Å². The number of anilines is 1. The van der Waals surface area contributed by atoms with Gasteiger partial charge in [0.25, 0.3) is 0 Å². The van der Waals surface area contributed by atoms with E-state index in [-0.39, 0.29) is 29.5 Å². The van der Waals surface area contributed by atoms with E-state index in [0.29, 0.717) is 30.8 Å². The molecule has 1 atom stereocenters.